The lowest BCUT2D eigenvalue weighted by atomic mass is 9.93. The van der Waals surface area contributed by atoms with Crippen LogP contribution in [0.15, 0.2) is 30.0 Å². The summed E-state index contributed by atoms with van der Waals surface area (Å²) in [5, 5.41) is 3.60. The second kappa shape index (κ2) is 7.93. The van der Waals surface area contributed by atoms with E-state index in [4.69, 9.17) is 14.2 Å². The summed E-state index contributed by atoms with van der Waals surface area (Å²) in [7, 11) is 3.39. The first-order valence-electron chi connectivity index (χ1n) is 7.56. The Kier molecular flexibility index (Phi) is 5.93. The second-order valence-corrected chi connectivity index (χ2v) is 5.13. The summed E-state index contributed by atoms with van der Waals surface area (Å²) in [5.74, 6) is 1.68. The van der Waals surface area contributed by atoms with Gasteiger partial charge in [-0.15, -0.1) is 0 Å². The molecule has 1 unspecified atom stereocenters. The molecule has 116 valence electrons. The van der Waals surface area contributed by atoms with E-state index in [1.807, 2.05) is 24.5 Å². The summed E-state index contributed by atoms with van der Waals surface area (Å²) in [6.45, 7) is 3.89. The van der Waals surface area contributed by atoms with Gasteiger partial charge in [-0.2, -0.15) is 0 Å². The second-order valence-electron chi connectivity index (χ2n) is 5.13. The number of ether oxygens (including phenoxy) is 3. The smallest absolute Gasteiger partial charge is 0.127 e. The molecule has 1 N–H and O–H groups in total. The van der Waals surface area contributed by atoms with Crippen molar-refractivity contribution in [3.63, 3.8) is 0 Å². The van der Waals surface area contributed by atoms with Crippen molar-refractivity contribution >= 4 is 0 Å². The minimum atomic E-state index is 0.0661. The van der Waals surface area contributed by atoms with Crippen molar-refractivity contribution in [1.82, 2.24) is 5.32 Å². The Morgan fingerprint density at radius 3 is 2.48 bits per heavy atom. The summed E-state index contributed by atoms with van der Waals surface area (Å²) in [5.41, 5.74) is 2.30. The summed E-state index contributed by atoms with van der Waals surface area (Å²) < 4.78 is 16.6. The molecule has 0 aliphatic carbocycles. The van der Waals surface area contributed by atoms with Crippen molar-refractivity contribution in [3.8, 4) is 11.5 Å². The van der Waals surface area contributed by atoms with Crippen LogP contribution in [0, 0.1) is 0 Å². The SMILES string of the molecule is CCCNC(C1=COCCC1)c1c(OC)cccc1OC. The minimum Gasteiger partial charge on any atom is -0.501 e. The molecule has 0 amide bonds. The van der Waals surface area contributed by atoms with E-state index in [1.54, 1.807) is 14.2 Å². The fourth-order valence-corrected chi connectivity index (χ4v) is 2.67. The molecular weight excluding hydrogens is 266 g/mol. The van der Waals surface area contributed by atoms with Crippen LogP contribution < -0.4 is 14.8 Å². The number of benzene rings is 1. The molecule has 1 aliphatic heterocycles. The number of nitrogens with one attached hydrogen (secondary N) is 1. The summed E-state index contributed by atoms with van der Waals surface area (Å²) in [6, 6.07) is 5.96. The van der Waals surface area contributed by atoms with E-state index in [9.17, 15) is 0 Å². The Balaban J connectivity index is 2.42. The molecule has 1 aromatic carbocycles. The summed E-state index contributed by atoms with van der Waals surface area (Å²) in [4.78, 5) is 0. The van der Waals surface area contributed by atoms with Crippen LogP contribution in [0.25, 0.3) is 0 Å². The quantitative estimate of drug-likeness (QED) is 0.835. The molecule has 0 saturated carbocycles. The summed E-state index contributed by atoms with van der Waals surface area (Å²) >= 11 is 0. The van der Waals surface area contributed by atoms with E-state index < -0.39 is 0 Å². The van der Waals surface area contributed by atoms with Gasteiger partial charge in [-0.25, -0.2) is 0 Å². The van der Waals surface area contributed by atoms with Crippen molar-refractivity contribution in [2.24, 2.45) is 0 Å². The van der Waals surface area contributed by atoms with Crippen molar-refractivity contribution in [2.75, 3.05) is 27.4 Å². The van der Waals surface area contributed by atoms with E-state index in [1.165, 1.54) is 5.57 Å². The Hall–Kier alpha value is -1.68. The third-order valence-corrected chi connectivity index (χ3v) is 3.69. The predicted octanol–water partition coefficient (Wildman–Crippen LogP) is 3.44. The molecule has 1 atom stereocenters. The van der Waals surface area contributed by atoms with Gasteiger partial charge >= 0.3 is 0 Å². The molecule has 2 rings (SSSR count). The highest BCUT2D eigenvalue weighted by Crippen LogP contribution is 2.39. The van der Waals surface area contributed by atoms with Crippen LogP contribution in [0.5, 0.6) is 11.5 Å². The van der Waals surface area contributed by atoms with Gasteiger partial charge in [0.2, 0.25) is 0 Å². The van der Waals surface area contributed by atoms with E-state index in [-0.39, 0.29) is 6.04 Å². The average Bonchev–Trinajstić information content (AvgIpc) is 2.56. The van der Waals surface area contributed by atoms with E-state index in [0.717, 1.165) is 49.5 Å². The molecule has 0 aromatic heterocycles. The van der Waals surface area contributed by atoms with Crippen molar-refractivity contribution in [2.45, 2.75) is 32.2 Å². The van der Waals surface area contributed by atoms with Crippen LogP contribution >= 0.6 is 0 Å². The monoisotopic (exact) mass is 291 g/mol. The van der Waals surface area contributed by atoms with Gasteiger partial charge in [-0.3, -0.25) is 0 Å². The standard InChI is InChI=1S/C17H25NO3/c1-4-10-18-17(13-7-6-11-21-12-13)16-14(19-2)8-5-9-15(16)20-3/h5,8-9,12,17-18H,4,6-7,10-11H2,1-3H3. The molecule has 0 radical (unpaired) electrons. The first kappa shape index (κ1) is 15.7. The molecule has 4 nitrogen and oxygen atoms in total. The maximum absolute atomic E-state index is 5.55. The molecule has 1 aromatic rings. The van der Waals surface area contributed by atoms with Crippen LogP contribution in [0.4, 0.5) is 0 Å². The van der Waals surface area contributed by atoms with Gasteiger partial charge in [0.1, 0.15) is 11.5 Å². The fraction of sp³-hybridized carbons (Fsp3) is 0.529. The van der Waals surface area contributed by atoms with Crippen LogP contribution in [-0.2, 0) is 4.74 Å². The molecule has 21 heavy (non-hydrogen) atoms. The van der Waals surface area contributed by atoms with Gasteiger partial charge in [-0.1, -0.05) is 13.0 Å². The maximum Gasteiger partial charge on any atom is 0.127 e. The van der Waals surface area contributed by atoms with Gasteiger partial charge in [-0.05, 0) is 43.5 Å². The molecule has 0 spiro atoms. The normalized spacial score (nSPS) is 15.9. The van der Waals surface area contributed by atoms with Gasteiger partial charge < -0.3 is 19.5 Å². The average molecular weight is 291 g/mol. The van der Waals surface area contributed by atoms with Crippen molar-refractivity contribution in [1.29, 1.82) is 0 Å². The van der Waals surface area contributed by atoms with Gasteiger partial charge in [0.05, 0.1) is 38.7 Å². The van der Waals surface area contributed by atoms with Crippen LogP contribution in [0.1, 0.15) is 37.8 Å². The number of hydrogen-bond donors (Lipinski definition) is 1. The van der Waals surface area contributed by atoms with Crippen LogP contribution in [0.3, 0.4) is 0 Å². The van der Waals surface area contributed by atoms with Gasteiger partial charge in [0.15, 0.2) is 0 Å². The maximum atomic E-state index is 5.55. The van der Waals surface area contributed by atoms with E-state index in [0.29, 0.717) is 0 Å². The lowest BCUT2D eigenvalue weighted by Crippen LogP contribution is -2.26. The Morgan fingerprint density at radius 1 is 1.24 bits per heavy atom. The van der Waals surface area contributed by atoms with Gasteiger partial charge in [0, 0.05) is 0 Å². The molecule has 0 saturated heterocycles. The molecule has 1 aliphatic rings. The zero-order valence-electron chi connectivity index (χ0n) is 13.1. The topological polar surface area (TPSA) is 39.7 Å². The molecule has 0 bridgehead atoms. The van der Waals surface area contributed by atoms with Gasteiger partial charge in [0.25, 0.3) is 0 Å². The highest BCUT2D eigenvalue weighted by Gasteiger charge is 2.25. The summed E-state index contributed by atoms with van der Waals surface area (Å²) in [6.07, 6.45) is 5.04. The third kappa shape index (κ3) is 3.70. The Morgan fingerprint density at radius 2 is 1.95 bits per heavy atom. The Bertz CT molecular complexity index is 463. The van der Waals surface area contributed by atoms with Crippen LogP contribution in [0.2, 0.25) is 0 Å². The van der Waals surface area contributed by atoms with E-state index in [2.05, 4.69) is 12.2 Å². The first-order chi connectivity index (χ1) is 10.3. The predicted molar refractivity (Wildman–Crippen MR) is 83.8 cm³/mol. The fourth-order valence-electron chi connectivity index (χ4n) is 2.67. The highest BCUT2D eigenvalue weighted by atomic mass is 16.5. The number of hydrogen-bond acceptors (Lipinski definition) is 4. The zero-order valence-corrected chi connectivity index (χ0v) is 13.1. The third-order valence-electron chi connectivity index (χ3n) is 3.69. The van der Waals surface area contributed by atoms with E-state index >= 15 is 0 Å². The molecule has 4 heteroatoms. The lowest BCUT2D eigenvalue weighted by Gasteiger charge is -2.27. The first-order valence-corrected chi connectivity index (χ1v) is 7.56. The molecular formula is C17H25NO3. The zero-order chi connectivity index (χ0) is 15.1. The van der Waals surface area contributed by atoms with Crippen LogP contribution in [-0.4, -0.2) is 27.4 Å². The van der Waals surface area contributed by atoms with Crippen molar-refractivity contribution in [3.05, 3.63) is 35.6 Å². The molecule has 1 heterocycles. The Labute approximate surface area is 127 Å². The lowest BCUT2D eigenvalue weighted by molar-refractivity contribution is 0.219. The number of methoxy groups -OCH3 is 2. The molecule has 0 fully saturated rings. The number of rotatable bonds is 7. The largest absolute Gasteiger partial charge is 0.501 e. The minimum absolute atomic E-state index is 0.0661. The van der Waals surface area contributed by atoms with Crippen molar-refractivity contribution < 1.29 is 14.2 Å². The highest BCUT2D eigenvalue weighted by molar-refractivity contribution is 5.50.